The number of hydrogen-bond donors (Lipinski definition) is 1. The molecular weight excluding hydrogens is 200 g/mol. The van der Waals surface area contributed by atoms with Gasteiger partial charge in [-0.25, -0.2) is 9.97 Å². The summed E-state index contributed by atoms with van der Waals surface area (Å²) in [5.74, 6) is 1.79. The summed E-state index contributed by atoms with van der Waals surface area (Å²) in [5, 5.41) is 0. The van der Waals surface area contributed by atoms with Crippen molar-refractivity contribution in [2.45, 2.75) is 26.7 Å². The smallest absolute Gasteiger partial charge is 0.161 e. The molecule has 84 valence electrons. The van der Waals surface area contributed by atoms with Gasteiger partial charge in [0.05, 0.1) is 5.69 Å². The van der Waals surface area contributed by atoms with Crippen molar-refractivity contribution >= 4 is 5.69 Å². The van der Waals surface area contributed by atoms with E-state index in [1.54, 1.807) is 6.20 Å². The Bertz CT molecular complexity index is 488. The number of nitrogen functional groups attached to an aromatic ring is 1. The van der Waals surface area contributed by atoms with E-state index in [1.807, 2.05) is 29.8 Å². The Balaban J connectivity index is 2.49. The molecule has 0 radical (unpaired) electrons. The third-order valence-electron chi connectivity index (χ3n) is 2.46. The number of nitrogens with zero attached hydrogens (tertiary/aromatic N) is 3. The van der Waals surface area contributed by atoms with Gasteiger partial charge in [-0.2, -0.15) is 0 Å². The first-order chi connectivity index (χ1) is 7.72. The predicted octanol–water partition coefficient (Wildman–Crippen LogP) is 2.11. The first kappa shape index (κ1) is 10.7. The zero-order chi connectivity index (χ0) is 11.5. The highest BCUT2D eigenvalue weighted by Gasteiger charge is 2.08. The largest absolute Gasteiger partial charge is 0.396 e. The molecule has 0 saturated heterocycles. The van der Waals surface area contributed by atoms with Crippen molar-refractivity contribution in [2.75, 3.05) is 5.73 Å². The fourth-order valence-corrected chi connectivity index (χ4v) is 1.68. The Morgan fingerprint density at radius 3 is 2.94 bits per heavy atom. The van der Waals surface area contributed by atoms with Gasteiger partial charge in [0.2, 0.25) is 0 Å². The van der Waals surface area contributed by atoms with E-state index >= 15 is 0 Å². The first-order valence-electron chi connectivity index (χ1n) is 5.48. The highest BCUT2D eigenvalue weighted by atomic mass is 15.1. The number of hydrogen-bond acceptors (Lipinski definition) is 3. The van der Waals surface area contributed by atoms with Gasteiger partial charge < -0.3 is 5.73 Å². The van der Waals surface area contributed by atoms with E-state index in [1.165, 1.54) is 0 Å². The van der Waals surface area contributed by atoms with Crippen molar-refractivity contribution < 1.29 is 0 Å². The SMILES string of the molecule is CCCc1nccn1-c1nc(C)ccc1N. The molecule has 4 nitrogen and oxygen atoms in total. The van der Waals surface area contributed by atoms with Crippen LogP contribution < -0.4 is 5.73 Å². The van der Waals surface area contributed by atoms with Gasteiger partial charge in [-0.3, -0.25) is 4.57 Å². The lowest BCUT2D eigenvalue weighted by Gasteiger charge is -2.09. The highest BCUT2D eigenvalue weighted by molar-refractivity contribution is 5.53. The van der Waals surface area contributed by atoms with Crippen LogP contribution in [0.4, 0.5) is 5.69 Å². The first-order valence-corrected chi connectivity index (χ1v) is 5.48. The zero-order valence-electron chi connectivity index (χ0n) is 9.64. The van der Waals surface area contributed by atoms with Crippen LogP contribution in [0.5, 0.6) is 0 Å². The molecule has 2 aromatic rings. The zero-order valence-corrected chi connectivity index (χ0v) is 9.64. The molecule has 0 fully saturated rings. The minimum absolute atomic E-state index is 0.681. The molecule has 0 aliphatic heterocycles. The summed E-state index contributed by atoms with van der Waals surface area (Å²) in [7, 11) is 0. The van der Waals surface area contributed by atoms with Gasteiger partial charge in [-0.15, -0.1) is 0 Å². The van der Waals surface area contributed by atoms with Crippen molar-refractivity contribution in [3.8, 4) is 5.82 Å². The molecule has 0 amide bonds. The second-order valence-corrected chi connectivity index (χ2v) is 3.83. The van der Waals surface area contributed by atoms with Crippen LogP contribution in [0.3, 0.4) is 0 Å². The van der Waals surface area contributed by atoms with Gasteiger partial charge in [0, 0.05) is 24.5 Å². The predicted molar refractivity (Wildman–Crippen MR) is 64.5 cm³/mol. The lowest BCUT2D eigenvalue weighted by atomic mass is 10.3. The van der Waals surface area contributed by atoms with Gasteiger partial charge in [0.25, 0.3) is 0 Å². The number of aromatic nitrogens is 3. The molecule has 2 N–H and O–H groups in total. The molecule has 0 saturated carbocycles. The summed E-state index contributed by atoms with van der Waals surface area (Å²) >= 11 is 0. The standard InChI is InChI=1S/C12H16N4/c1-3-4-11-14-7-8-16(11)12-10(13)6-5-9(2)15-12/h5-8H,3-4,13H2,1-2H3. The third kappa shape index (κ3) is 1.91. The van der Waals surface area contributed by atoms with Gasteiger partial charge in [-0.1, -0.05) is 6.92 Å². The second kappa shape index (κ2) is 4.35. The van der Waals surface area contributed by atoms with Gasteiger partial charge in [0.1, 0.15) is 5.82 Å². The van der Waals surface area contributed by atoms with Crippen LogP contribution in [0, 0.1) is 6.92 Å². The molecule has 2 heterocycles. The van der Waals surface area contributed by atoms with E-state index in [9.17, 15) is 0 Å². The molecule has 0 spiro atoms. The maximum Gasteiger partial charge on any atom is 0.161 e. The van der Waals surface area contributed by atoms with Gasteiger partial charge >= 0.3 is 0 Å². The number of rotatable bonds is 3. The molecule has 0 aromatic carbocycles. The minimum atomic E-state index is 0.681. The fourth-order valence-electron chi connectivity index (χ4n) is 1.68. The Kier molecular flexibility index (Phi) is 2.90. The van der Waals surface area contributed by atoms with Crippen LogP contribution in [0.2, 0.25) is 0 Å². The molecular formula is C12H16N4. The molecule has 0 aliphatic carbocycles. The number of aryl methyl sites for hydroxylation is 2. The van der Waals surface area contributed by atoms with Crippen LogP contribution >= 0.6 is 0 Å². The Labute approximate surface area is 95.1 Å². The van der Waals surface area contributed by atoms with Crippen LogP contribution in [-0.2, 0) is 6.42 Å². The summed E-state index contributed by atoms with van der Waals surface area (Å²) in [6, 6.07) is 3.79. The maximum atomic E-state index is 5.93. The number of pyridine rings is 1. The highest BCUT2D eigenvalue weighted by Crippen LogP contribution is 2.17. The summed E-state index contributed by atoms with van der Waals surface area (Å²) in [6.07, 6.45) is 5.68. The van der Waals surface area contributed by atoms with E-state index in [0.29, 0.717) is 5.69 Å². The van der Waals surface area contributed by atoms with E-state index in [-0.39, 0.29) is 0 Å². The normalized spacial score (nSPS) is 10.6. The van der Waals surface area contributed by atoms with Crippen LogP contribution in [0.15, 0.2) is 24.5 Å². The van der Waals surface area contributed by atoms with E-state index in [0.717, 1.165) is 30.2 Å². The van der Waals surface area contributed by atoms with Crippen molar-refractivity contribution in [1.29, 1.82) is 0 Å². The molecule has 0 bridgehead atoms. The number of nitrogens with two attached hydrogens (primary N) is 1. The summed E-state index contributed by atoms with van der Waals surface area (Å²) in [6.45, 7) is 4.09. The lowest BCUT2D eigenvalue weighted by Crippen LogP contribution is -2.06. The molecule has 16 heavy (non-hydrogen) atoms. The van der Waals surface area contributed by atoms with Crippen LogP contribution in [0.1, 0.15) is 24.9 Å². The monoisotopic (exact) mass is 216 g/mol. The Hall–Kier alpha value is -1.84. The molecule has 0 unspecified atom stereocenters. The Morgan fingerprint density at radius 1 is 1.38 bits per heavy atom. The molecule has 0 aliphatic rings. The number of anilines is 1. The van der Waals surface area contributed by atoms with Crippen LogP contribution in [0.25, 0.3) is 5.82 Å². The van der Waals surface area contributed by atoms with Gasteiger partial charge in [-0.05, 0) is 25.5 Å². The third-order valence-corrected chi connectivity index (χ3v) is 2.46. The van der Waals surface area contributed by atoms with Crippen molar-refractivity contribution in [2.24, 2.45) is 0 Å². The summed E-state index contributed by atoms with van der Waals surface area (Å²) < 4.78 is 1.96. The summed E-state index contributed by atoms with van der Waals surface area (Å²) in [4.78, 5) is 8.78. The molecule has 4 heteroatoms. The topological polar surface area (TPSA) is 56.7 Å². The molecule has 2 aromatic heterocycles. The summed E-state index contributed by atoms with van der Waals surface area (Å²) in [5.41, 5.74) is 7.57. The van der Waals surface area contributed by atoms with Crippen molar-refractivity contribution in [1.82, 2.24) is 14.5 Å². The second-order valence-electron chi connectivity index (χ2n) is 3.83. The van der Waals surface area contributed by atoms with Crippen molar-refractivity contribution in [3.05, 3.63) is 36.0 Å². The average Bonchev–Trinajstić information content (AvgIpc) is 2.70. The van der Waals surface area contributed by atoms with E-state index < -0.39 is 0 Å². The van der Waals surface area contributed by atoms with E-state index in [2.05, 4.69) is 16.9 Å². The van der Waals surface area contributed by atoms with Crippen LogP contribution in [-0.4, -0.2) is 14.5 Å². The molecule has 2 rings (SSSR count). The maximum absolute atomic E-state index is 5.93. The van der Waals surface area contributed by atoms with E-state index in [4.69, 9.17) is 5.73 Å². The Morgan fingerprint density at radius 2 is 2.19 bits per heavy atom. The molecule has 0 atom stereocenters. The number of imidazole rings is 1. The van der Waals surface area contributed by atoms with Crippen molar-refractivity contribution in [3.63, 3.8) is 0 Å². The quantitative estimate of drug-likeness (QED) is 0.854. The van der Waals surface area contributed by atoms with Gasteiger partial charge in [0.15, 0.2) is 5.82 Å². The lowest BCUT2D eigenvalue weighted by molar-refractivity contribution is 0.797. The average molecular weight is 216 g/mol. The fraction of sp³-hybridized carbons (Fsp3) is 0.333. The minimum Gasteiger partial charge on any atom is -0.396 e.